The normalized spacial score (nSPS) is 13.1. The van der Waals surface area contributed by atoms with Gasteiger partial charge < -0.3 is 20.5 Å². The molecule has 1 aromatic carbocycles. The van der Waals surface area contributed by atoms with Gasteiger partial charge in [-0.05, 0) is 37.0 Å². The highest BCUT2D eigenvalue weighted by atomic mass is 16.5. The molecule has 0 spiro atoms. The number of nitrogens with one attached hydrogen (secondary N) is 1. The molecule has 2 amide bonds. The smallest absolute Gasteiger partial charge is 0.312 e. The quantitative estimate of drug-likeness (QED) is 0.602. The van der Waals surface area contributed by atoms with Crippen LogP contribution in [0.1, 0.15) is 57.0 Å². The minimum atomic E-state index is -1.42. The van der Waals surface area contributed by atoms with Crippen molar-refractivity contribution in [2.45, 2.75) is 52.5 Å². The van der Waals surface area contributed by atoms with Gasteiger partial charge in [0.25, 0.3) is 5.91 Å². The minimum Gasteiger partial charge on any atom is -0.466 e. The average Bonchev–Trinajstić information content (AvgIpc) is 2.64. The van der Waals surface area contributed by atoms with Gasteiger partial charge in [-0.2, -0.15) is 0 Å². The molecule has 0 fully saturated rings. The maximum absolute atomic E-state index is 12.6. The number of primary amides is 1. The van der Waals surface area contributed by atoms with E-state index in [9.17, 15) is 19.2 Å². The Hall–Kier alpha value is -2.90. The van der Waals surface area contributed by atoms with Crippen LogP contribution >= 0.6 is 0 Å². The van der Waals surface area contributed by atoms with E-state index >= 15 is 0 Å². The van der Waals surface area contributed by atoms with E-state index in [2.05, 4.69) is 5.32 Å². The number of hydrogen-bond donors (Lipinski definition) is 2. The zero-order valence-corrected chi connectivity index (χ0v) is 17.6. The van der Waals surface area contributed by atoms with Crippen LogP contribution in [0.25, 0.3) is 0 Å². The Bertz CT molecular complexity index is 737. The topological polar surface area (TPSA) is 125 Å². The van der Waals surface area contributed by atoms with E-state index in [1.54, 1.807) is 26.0 Å². The van der Waals surface area contributed by atoms with E-state index in [-0.39, 0.29) is 18.6 Å². The average molecular weight is 406 g/mol. The van der Waals surface area contributed by atoms with Crippen LogP contribution in [-0.2, 0) is 29.3 Å². The van der Waals surface area contributed by atoms with E-state index in [1.807, 2.05) is 32.9 Å². The molecule has 2 atom stereocenters. The SMILES string of the molecule is CCOC(=O)C[C@@H](C(=O)OCC)[C@H](NC(=O)c1ccc(C(C)(C)C)cc1)C(N)=O. The maximum atomic E-state index is 12.6. The Morgan fingerprint density at radius 1 is 1.00 bits per heavy atom. The van der Waals surface area contributed by atoms with Gasteiger partial charge in [-0.25, -0.2) is 0 Å². The van der Waals surface area contributed by atoms with Crippen molar-refractivity contribution in [2.75, 3.05) is 13.2 Å². The first kappa shape index (κ1) is 24.1. The summed E-state index contributed by atoms with van der Waals surface area (Å²) in [5, 5.41) is 2.46. The van der Waals surface area contributed by atoms with Crippen molar-refractivity contribution in [2.24, 2.45) is 11.7 Å². The zero-order chi connectivity index (χ0) is 22.2. The van der Waals surface area contributed by atoms with Gasteiger partial charge >= 0.3 is 11.9 Å². The molecule has 0 bridgehead atoms. The van der Waals surface area contributed by atoms with Gasteiger partial charge in [0.2, 0.25) is 5.91 Å². The summed E-state index contributed by atoms with van der Waals surface area (Å²) in [5.74, 6) is -4.34. The summed E-state index contributed by atoms with van der Waals surface area (Å²) in [5.41, 5.74) is 6.66. The van der Waals surface area contributed by atoms with Crippen molar-refractivity contribution >= 4 is 23.8 Å². The van der Waals surface area contributed by atoms with Crippen LogP contribution in [0.5, 0.6) is 0 Å². The summed E-state index contributed by atoms with van der Waals surface area (Å²) in [7, 11) is 0. The molecule has 0 aliphatic carbocycles. The molecule has 1 rings (SSSR count). The lowest BCUT2D eigenvalue weighted by atomic mass is 9.86. The fraction of sp³-hybridized carbons (Fsp3) is 0.524. The Balaban J connectivity index is 3.08. The van der Waals surface area contributed by atoms with Crippen molar-refractivity contribution < 1.29 is 28.7 Å². The van der Waals surface area contributed by atoms with Gasteiger partial charge in [0, 0.05) is 5.56 Å². The fourth-order valence-corrected chi connectivity index (χ4v) is 2.70. The van der Waals surface area contributed by atoms with Crippen LogP contribution in [0.4, 0.5) is 0 Å². The van der Waals surface area contributed by atoms with Crippen LogP contribution in [-0.4, -0.2) is 43.0 Å². The third-order valence-corrected chi connectivity index (χ3v) is 4.29. The molecule has 3 N–H and O–H groups in total. The number of hydrogen-bond acceptors (Lipinski definition) is 6. The summed E-state index contributed by atoms with van der Waals surface area (Å²) >= 11 is 0. The molecular weight excluding hydrogens is 376 g/mol. The fourth-order valence-electron chi connectivity index (χ4n) is 2.70. The van der Waals surface area contributed by atoms with Crippen LogP contribution in [0, 0.1) is 5.92 Å². The Kier molecular flexibility index (Phi) is 8.82. The minimum absolute atomic E-state index is 0.0475. The van der Waals surface area contributed by atoms with Crippen LogP contribution in [0.15, 0.2) is 24.3 Å². The summed E-state index contributed by atoms with van der Waals surface area (Å²) in [6, 6.07) is 5.45. The number of carbonyl (C=O) groups excluding carboxylic acids is 4. The third-order valence-electron chi connectivity index (χ3n) is 4.29. The summed E-state index contributed by atoms with van der Waals surface area (Å²) < 4.78 is 9.80. The maximum Gasteiger partial charge on any atom is 0.312 e. The van der Waals surface area contributed by atoms with Crippen molar-refractivity contribution in [3.63, 3.8) is 0 Å². The van der Waals surface area contributed by atoms with Gasteiger partial charge in [0.05, 0.1) is 25.6 Å². The number of amides is 2. The van der Waals surface area contributed by atoms with Gasteiger partial charge in [0.1, 0.15) is 6.04 Å². The molecule has 0 aliphatic heterocycles. The number of esters is 2. The largest absolute Gasteiger partial charge is 0.466 e. The van der Waals surface area contributed by atoms with Gasteiger partial charge in [0.15, 0.2) is 0 Å². The molecule has 1 aromatic rings. The summed E-state index contributed by atoms with van der Waals surface area (Å²) in [4.78, 5) is 48.8. The molecule has 160 valence electrons. The Labute approximate surface area is 171 Å². The molecule has 0 radical (unpaired) electrons. The van der Waals surface area contributed by atoms with Crippen molar-refractivity contribution in [3.05, 3.63) is 35.4 Å². The lowest BCUT2D eigenvalue weighted by molar-refractivity contribution is -0.156. The number of nitrogens with two attached hydrogens (primary N) is 1. The number of rotatable bonds is 9. The molecule has 0 heterocycles. The standard InChI is InChI=1S/C21H30N2O6/c1-6-28-16(24)12-15(20(27)29-7-2)17(18(22)25)23-19(26)13-8-10-14(11-9-13)21(3,4)5/h8-11,15,17H,6-7,12H2,1-5H3,(H2,22,25)(H,23,26)/t15-,17+/m1/s1. The van der Waals surface area contributed by atoms with E-state index in [4.69, 9.17) is 15.2 Å². The number of benzene rings is 1. The van der Waals surface area contributed by atoms with E-state index in [1.165, 1.54) is 0 Å². The van der Waals surface area contributed by atoms with E-state index < -0.39 is 42.1 Å². The second-order valence-electron chi connectivity index (χ2n) is 7.55. The molecule has 29 heavy (non-hydrogen) atoms. The molecule has 0 aliphatic rings. The van der Waals surface area contributed by atoms with Gasteiger partial charge in [-0.15, -0.1) is 0 Å². The molecule has 0 saturated heterocycles. The lowest BCUT2D eigenvalue weighted by Gasteiger charge is -2.24. The molecule has 0 aromatic heterocycles. The van der Waals surface area contributed by atoms with Crippen LogP contribution < -0.4 is 11.1 Å². The summed E-state index contributed by atoms with van der Waals surface area (Å²) in [6.45, 7) is 9.51. The second kappa shape index (κ2) is 10.6. The molecule has 8 heteroatoms. The molecule has 0 saturated carbocycles. The van der Waals surface area contributed by atoms with E-state index in [0.29, 0.717) is 5.56 Å². The first-order valence-corrected chi connectivity index (χ1v) is 9.54. The van der Waals surface area contributed by atoms with Crippen molar-refractivity contribution in [1.82, 2.24) is 5.32 Å². The molecule has 8 nitrogen and oxygen atoms in total. The number of ether oxygens (including phenoxy) is 2. The van der Waals surface area contributed by atoms with Gasteiger partial charge in [-0.3, -0.25) is 19.2 Å². The molecular formula is C21H30N2O6. The van der Waals surface area contributed by atoms with Crippen LogP contribution in [0.3, 0.4) is 0 Å². The predicted molar refractivity (Wildman–Crippen MR) is 107 cm³/mol. The van der Waals surface area contributed by atoms with E-state index in [0.717, 1.165) is 5.56 Å². The monoisotopic (exact) mass is 406 g/mol. The predicted octanol–water partition coefficient (Wildman–Crippen LogP) is 1.70. The first-order chi connectivity index (χ1) is 13.5. The Morgan fingerprint density at radius 3 is 2.00 bits per heavy atom. The molecule has 0 unspecified atom stereocenters. The number of carbonyl (C=O) groups is 4. The second-order valence-corrected chi connectivity index (χ2v) is 7.55. The van der Waals surface area contributed by atoms with Crippen molar-refractivity contribution in [1.29, 1.82) is 0 Å². The van der Waals surface area contributed by atoms with Crippen molar-refractivity contribution in [3.8, 4) is 0 Å². The summed E-state index contributed by atoms with van der Waals surface area (Å²) in [6.07, 6.45) is -0.441. The highest BCUT2D eigenvalue weighted by Gasteiger charge is 2.37. The highest BCUT2D eigenvalue weighted by Crippen LogP contribution is 2.22. The Morgan fingerprint density at radius 2 is 1.55 bits per heavy atom. The van der Waals surface area contributed by atoms with Gasteiger partial charge in [-0.1, -0.05) is 32.9 Å². The van der Waals surface area contributed by atoms with Crippen LogP contribution in [0.2, 0.25) is 0 Å². The lowest BCUT2D eigenvalue weighted by Crippen LogP contribution is -2.52. The highest BCUT2D eigenvalue weighted by molar-refractivity contribution is 5.99. The first-order valence-electron chi connectivity index (χ1n) is 9.54. The third kappa shape index (κ3) is 7.21. The zero-order valence-electron chi connectivity index (χ0n) is 17.6.